The minimum Gasteiger partial charge on any atom is -0.489 e. The molecule has 17 heavy (non-hydrogen) atoms. The Morgan fingerprint density at radius 1 is 1.29 bits per heavy atom. The van der Waals surface area contributed by atoms with Crippen LogP contribution in [0.2, 0.25) is 5.02 Å². The lowest BCUT2D eigenvalue weighted by atomic mass is 10.2. The van der Waals surface area contributed by atoms with Crippen molar-refractivity contribution >= 4 is 11.6 Å². The zero-order valence-corrected chi connectivity index (χ0v) is 10.0. The van der Waals surface area contributed by atoms with Crippen LogP contribution in [0.5, 0.6) is 5.75 Å². The molecule has 2 N–H and O–H groups in total. The molecule has 2 aromatic rings. The van der Waals surface area contributed by atoms with Gasteiger partial charge in [0.25, 0.3) is 0 Å². The number of hydrogen-bond donors (Lipinski definition) is 1. The molecule has 0 atom stereocenters. The van der Waals surface area contributed by atoms with Gasteiger partial charge in [-0.15, -0.1) is 0 Å². The molecule has 1 aromatic carbocycles. The van der Waals surface area contributed by atoms with Gasteiger partial charge < -0.3 is 10.5 Å². The third kappa shape index (κ3) is 3.19. The van der Waals surface area contributed by atoms with E-state index in [2.05, 4.69) is 4.98 Å². The molecule has 1 heterocycles. The fourth-order valence-corrected chi connectivity index (χ4v) is 1.62. The van der Waals surface area contributed by atoms with Crippen LogP contribution in [-0.4, -0.2) is 4.98 Å². The second kappa shape index (κ2) is 5.66. The number of benzene rings is 1. The van der Waals surface area contributed by atoms with E-state index < -0.39 is 0 Å². The van der Waals surface area contributed by atoms with Crippen LogP contribution in [0.15, 0.2) is 42.7 Å². The lowest BCUT2D eigenvalue weighted by molar-refractivity contribution is 0.306. The average molecular weight is 249 g/mol. The van der Waals surface area contributed by atoms with Gasteiger partial charge in [0, 0.05) is 24.5 Å². The minimum absolute atomic E-state index is 0.426. The highest BCUT2D eigenvalue weighted by Gasteiger charge is 2.01. The smallest absolute Gasteiger partial charge is 0.120 e. The Morgan fingerprint density at radius 2 is 2.18 bits per heavy atom. The van der Waals surface area contributed by atoms with Crippen LogP contribution in [0.4, 0.5) is 0 Å². The fourth-order valence-electron chi connectivity index (χ4n) is 1.44. The highest BCUT2D eigenvalue weighted by atomic mass is 35.5. The molecule has 88 valence electrons. The number of hydrogen-bond acceptors (Lipinski definition) is 3. The standard InChI is InChI=1S/C13H13ClN2O/c14-13-8-16-5-4-11(13)9-17-12-3-1-2-10(6-12)7-15/h1-6,8H,7,9,15H2. The van der Waals surface area contributed by atoms with Crippen molar-refractivity contribution in [2.24, 2.45) is 5.73 Å². The van der Waals surface area contributed by atoms with Crippen molar-refractivity contribution < 1.29 is 4.74 Å². The van der Waals surface area contributed by atoms with Crippen LogP contribution in [0.1, 0.15) is 11.1 Å². The van der Waals surface area contributed by atoms with Gasteiger partial charge >= 0.3 is 0 Å². The number of ether oxygens (including phenoxy) is 1. The largest absolute Gasteiger partial charge is 0.489 e. The summed E-state index contributed by atoms with van der Waals surface area (Å²) in [6.07, 6.45) is 3.30. The summed E-state index contributed by atoms with van der Waals surface area (Å²) in [5.74, 6) is 0.792. The van der Waals surface area contributed by atoms with Gasteiger partial charge in [0.1, 0.15) is 12.4 Å². The zero-order valence-electron chi connectivity index (χ0n) is 9.27. The zero-order chi connectivity index (χ0) is 12.1. The molecule has 0 aliphatic carbocycles. The highest BCUT2D eigenvalue weighted by Crippen LogP contribution is 2.18. The van der Waals surface area contributed by atoms with E-state index in [1.54, 1.807) is 12.4 Å². The maximum atomic E-state index is 5.99. The van der Waals surface area contributed by atoms with E-state index in [9.17, 15) is 0 Å². The molecule has 4 heteroatoms. The van der Waals surface area contributed by atoms with Crippen molar-refractivity contribution in [1.29, 1.82) is 0 Å². The molecular weight excluding hydrogens is 236 g/mol. The Hall–Kier alpha value is -1.58. The summed E-state index contributed by atoms with van der Waals surface area (Å²) >= 11 is 5.99. The van der Waals surface area contributed by atoms with Crippen LogP contribution >= 0.6 is 11.6 Å². The van der Waals surface area contributed by atoms with Crippen molar-refractivity contribution in [2.75, 3.05) is 0 Å². The quantitative estimate of drug-likeness (QED) is 0.905. The molecule has 0 radical (unpaired) electrons. The van der Waals surface area contributed by atoms with E-state index in [0.717, 1.165) is 16.9 Å². The third-order valence-corrected chi connectivity index (χ3v) is 2.73. The topological polar surface area (TPSA) is 48.1 Å². The van der Waals surface area contributed by atoms with E-state index in [4.69, 9.17) is 22.1 Å². The van der Waals surface area contributed by atoms with Crippen LogP contribution in [-0.2, 0) is 13.2 Å². The molecule has 0 saturated heterocycles. The molecule has 0 fully saturated rings. The predicted octanol–water partition coefficient (Wildman–Crippen LogP) is 2.77. The van der Waals surface area contributed by atoms with Gasteiger partial charge in [-0.25, -0.2) is 0 Å². The van der Waals surface area contributed by atoms with Crippen molar-refractivity contribution in [3.63, 3.8) is 0 Å². The van der Waals surface area contributed by atoms with E-state index >= 15 is 0 Å². The first kappa shape index (κ1) is 11.9. The first-order chi connectivity index (χ1) is 8.29. The van der Waals surface area contributed by atoms with Gasteiger partial charge in [-0.05, 0) is 23.8 Å². The molecule has 1 aromatic heterocycles. The molecule has 0 aliphatic rings. The number of nitrogens with zero attached hydrogens (tertiary/aromatic N) is 1. The first-order valence-electron chi connectivity index (χ1n) is 5.30. The molecule has 3 nitrogen and oxygen atoms in total. The normalized spacial score (nSPS) is 10.2. The molecule has 0 amide bonds. The molecule has 2 rings (SSSR count). The van der Waals surface area contributed by atoms with Crippen LogP contribution in [0.25, 0.3) is 0 Å². The molecule has 0 unspecified atom stereocenters. The Labute approximate surface area is 105 Å². The Morgan fingerprint density at radius 3 is 2.94 bits per heavy atom. The lowest BCUT2D eigenvalue weighted by Crippen LogP contribution is -1.99. The summed E-state index contributed by atoms with van der Waals surface area (Å²) in [6, 6.07) is 9.55. The summed E-state index contributed by atoms with van der Waals surface area (Å²) in [5, 5.41) is 0.613. The van der Waals surface area contributed by atoms with Gasteiger partial charge in [0.15, 0.2) is 0 Å². The SMILES string of the molecule is NCc1cccc(OCc2ccncc2Cl)c1. The monoisotopic (exact) mass is 248 g/mol. The summed E-state index contributed by atoms with van der Waals surface area (Å²) in [7, 11) is 0. The molecule has 0 aliphatic heterocycles. The summed E-state index contributed by atoms with van der Waals surface area (Å²) < 4.78 is 5.65. The van der Waals surface area contributed by atoms with Crippen LogP contribution in [0.3, 0.4) is 0 Å². The van der Waals surface area contributed by atoms with Crippen molar-refractivity contribution in [1.82, 2.24) is 4.98 Å². The van der Waals surface area contributed by atoms with E-state index in [0.29, 0.717) is 18.2 Å². The maximum absolute atomic E-state index is 5.99. The number of rotatable bonds is 4. The van der Waals surface area contributed by atoms with Crippen LogP contribution in [0, 0.1) is 0 Å². The Bertz CT molecular complexity index is 502. The number of aromatic nitrogens is 1. The van der Waals surface area contributed by atoms with Gasteiger partial charge in [-0.3, -0.25) is 4.98 Å². The highest BCUT2D eigenvalue weighted by molar-refractivity contribution is 6.31. The number of nitrogens with two attached hydrogens (primary N) is 1. The van der Waals surface area contributed by atoms with Gasteiger partial charge in [0.05, 0.1) is 5.02 Å². The molecule has 0 spiro atoms. The summed E-state index contributed by atoms with van der Waals surface area (Å²) in [5.41, 5.74) is 7.53. The van der Waals surface area contributed by atoms with Crippen LogP contribution < -0.4 is 10.5 Å². The number of halogens is 1. The van der Waals surface area contributed by atoms with Crippen molar-refractivity contribution in [3.8, 4) is 5.75 Å². The van der Waals surface area contributed by atoms with Gasteiger partial charge in [0.2, 0.25) is 0 Å². The summed E-state index contributed by atoms with van der Waals surface area (Å²) in [6.45, 7) is 0.933. The van der Waals surface area contributed by atoms with Gasteiger partial charge in [-0.2, -0.15) is 0 Å². The first-order valence-corrected chi connectivity index (χ1v) is 5.67. The van der Waals surface area contributed by atoms with E-state index in [1.165, 1.54) is 0 Å². The fraction of sp³-hybridized carbons (Fsp3) is 0.154. The maximum Gasteiger partial charge on any atom is 0.120 e. The van der Waals surface area contributed by atoms with Gasteiger partial charge in [-0.1, -0.05) is 23.7 Å². The number of pyridine rings is 1. The van der Waals surface area contributed by atoms with E-state index in [-0.39, 0.29) is 0 Å². The van der Waals surface area contributed by atoms with E-state index in [1.807, 2.05) is 30.3 Å². The van der Waals surface area contributed by atoms with Crippen molar-refractivity contribution in [3.05, 3.63) is 58.9 Å². The molecular formula is C13H13ClN2O. The Kier molecular flexibility index (Phi) is 3.96. The second-order valence-electron chi connectivity index (χ2n) is 3.61. The summed E-state index contributed by atoms with van der Waals surface area (Å²) in [4.78, 5) is 3.92. The molecule has 0 saturated carbocycles. The third-order valence-electron chi connectivity index (χ3n) is 2.38. The van der Waals surface area contributed by atoms with Crippen molar-refractivity contribution in [2.45, 2.75) is 13.2 Å². The lowest BCUT2D eigenvalue weighted by Gasteiger charge is -2.08. The predicted molar refractivity (Wildman–Crippen MR) is 67.9 cm³/mol. The average Bonchev–Trinajstić information content (AvgIpc) is 2.38. The molecule has 0 bridgehead atoms. The second-order valence-corrected chi connectivity index (χ2v) is 4.01. The minimum atomic E-state index is 0.426. The Balaban J connectivity index is 2.05.